The first kappa shape index (κ1) is 37.0. The van der Waals surface area contributed by atoms with E-state index in [1.54, 1.807) is 36.5 Å². The summed E-state index contributed by atoms with van der Waals surface area (Å²) in [6.45, 7) is 12.6. The molecule has 0 aromatic rings. The van der Waals surface area contributed by atoms with Crippen LogP contribution in [0.25, 0.3) is 0 Å². The molecule has 1 fully saturated rings. The summed E-state index contributed by atoms with van der Waals surface area (Å²) in [4.78, 5) is 11.4. The summed E-state index contributed by atoms with van der Waals surface area (Å²) in [6, 6.07) is 0. The molecule has 41 heavy (non-hydrogen) atoms. The minimum Gasteiger partial charge on any atom is -0.458 e. The van der Waals surface area contributed by atoms with Crippen molar-refractivity contribution >= 4 is 5.97 Å². The van der Waals surface area contributed by atoms with Crippen LogP contribution in [-0.4, -0.2) is 68.6 Å². The fraction of sp³-hybridized carbons (Fsp3) is 0.676. The quantitative estimate of drug-likeness (QED) is 0.0864. The largest absolute Gasteiger partial charge is 0.458 e. The summed E-state index contributed by atoms with van der Waals surface area (Å²) in [5.74, 6) is 0.999. The van der Waals surface area contributed by atoms with Crippen LogP contribution >= 0.6 is 0 Å². The van der Waals surface area contributed by atoms with Crippen LogP contribution in [-0.2, 0) is 9.53 Å². The zero-order chi connectivity index (χ0) is 30.9. The molecular weight excluding hydrogens is 520 g/mol. The summed E-state index contributed by atoms with van der Waals surface area (Å²) in [5.41, 5.74) is 1.56. The van der Waals surface area contributed by atoms with Crippen molar-refractivity contribution in [2.45, 2.75) is 117 Å². The number of ether oxygens (including phenoxy) is 1. The van der Waals surface area contributed by atoms with Gasteiger partial charge in [0.05, 0.1) is 37.4 Å². The second kappa shape index (κ2) is 20.0. The van der Waals surface area contributed by atoms with Crippen LogP contribution in [0.5, 0.6) is 0 Å². The van der Waals surface area contributed by atoms with Crippen molar-refractivity contribution in [2.75, 3.05) is 6.61 Å². The van der Waals surface area contributed by atoms with E-state index in [4.69, 9.17) is 4.74 Å². The molecule has 0 saturated carbocycles. The average Bonchev–Trinajstić information content (AvgIpc) is 2.89. The molecule has 9 atom stereocenters. The van der Waals surface area contributed by atoms with Gasteiger partial charge in [0.15, 0.2) is 0 Å². The van der Waals surface area contributed by atoms with Gasteiger partial charge in [0.25, 0.3) is 0 Å². The molecule has 0 aromatic heterocycles. The lowest BCUT2D eigenvalue weighted by atomic mass is 9.87. The third-order valence-electron chi connectivity index (χ3n) is 7.63. The van der Waals surface area contributed by atoms with Gasteiger partial charge in [-0.1, -0.05) is 83.6 Å². The standard InChI is InChI=1S/C34H56O7/c1-7-23(2)16-24(3)17-25(4)18-28(22-35)19-27(6)34(40)26(5)14-15-30(37)11-8-10-29(36)12-9-13-32-20-31(38)21-33(39)41-32/h8-10,13-15,18-19,23-26,29-32,34-38,40H,7,11-12,16-17,20-22H2,1-6H3. The molecule has 0 aromatic carbocycles. The summed E-state index contributed by atoms with van der Waals surface area (Å²) in [6.07, 6.45) is 15.1. The van der Waals surface area contributed by atoms with E-state index in [1.807, 2.05) is 19.9 Å². The van der Waals surface area contributed by atoms with Crippen molar-refractivity contribution in [1.82, 2.24) is 0 Å². The highest BCUT2D eigenvalue weighted by Crippen LogP contribution is 2.24. The molecule has 9 unspecified atom stereocenters. The Bertz CT molecular complexity index is 903. The molecule has 7 heteroatoms. The number of hydrogen-bond donors (Lipinski definition) is 5. The van der Waals surface area contributed by atoms with Crippen molar-refractivity contribution in [1.29, 1.82) is 0 Å². The smallest absolute Gasteiger partial charge is 0.309 e. The van der Waals surface area contributed by atoms with E-state index in [9.17, 15) is 30.3 Å². The third-order valence-corrected chi connectivity index (χ3v) is 7.63. The maximum absolute atomic E-state index is 11.4. The number of esters is 1. The molecule has 0 amide bonds. The number of allylic oxidation sites excluding steroid dienone is 1. The van der Waals surface area contributed by atoms with E-state index >= 15 is 0 Å². The number of rotatable bonds is 18. The zero-order valence-corrected chi connectivity index (χ0v) is 26.0. The van der Waals surface area contributed by atoms with Gasteiger partial charge in [-0.05, 0) is 67.6 Å². The Morgan fingerprint density at radius 3 is 2.27 bits per heavy atom. The lowest BCUT2D eigenvalue weighted by molar-refractivity contribution is -0.156. The number of hydrogen-bond acceptors (Lipinski definition) is 7. The first-order chi connectivity index (χ1) is 19.3. The van der Waals surface area contributed by atoms with Crippen LogP contribution in [0.1, 0.15) is 86.5 Å². The topological polar surface area (TPSA) is 127 Å². The molecule has 0 aliphatic carbocycles. The van der Waals surface area contributed by atoms with Gasteiger partial charge in [-0.2, -0.15) is 0 Å². The van der Waals surface area contributed by atoms with Crippen LogP contribution in [0.15, 0.2) is 59.8 Å². The van der Waals surface area contributed by atoms with E-state index < -0.39 is 36.5 Å². The fourth-order valence-corrected chi connectivity index (χ4v) is 5.19. The minimum absolute atomic E-state index is 0.0140. The molecule has 1 saturated heterocycles. The number of aliphatic hydroxyl groups excluding tert-OH is 5. The molecule has 0 spiro atoms. The fourth-order valence-electron chi connectivity index (χ4n) is 5.19. The predicted molar refractivity (Wildman–Crippen MR) is 165 cm³/mol. The van der Waals surface area contributed by atoms with E-state index in [0.29, 0.717) is 37.0 Å². The molecule has 0 bridgehead atoms. The van der Waals surface area contributed by atoms with E-state index in [2.05, 4.69) is 33.8 Å². The van der Waals surface area contributed by atoms with Gasteiger partial charge in [-0.3, -0.25) is 4.79 Å². The highest BCUT2D eigenvalue weighted by molar-refractivity contribution is 5.71. The molecule has 1 heterocycles. The first-order valence-corrected chi connectivity index (χ1v) is 15.3. The van der Waals surface area contributed by atoms with Gasteiger partial charge >= 0.3 is 5.97 Å². The van der Waals surface area contributed by atoms with Crippen molar-refractivity contribution in [3.05, 3.63) is 59.8 Å². The SMILES string of the molecule is CCC(C)CC(C)CC(C)C=C(C=C(C)C(O)C(C)C=CC(O)CC=CC(O)CC=CC1CC(O)CC(=O)O1)CO. The number of aliphatic hydroxyl groups is 5. The normalized spacial score (nSPS) is 24.4. The summed E-state index contributed by atoms with van der Waals surface area (Å²) < 4.78 is 5.13. The Hall–Kier alpha value is -2.03. The van der Waals surface area contributed by atoms with Crippen LogP contribution in [0.2, 0.25) is 0 Å². The Balaban J connectivity index is 2.54. The van der Waals surface area contributed by atoms with Crippen molar-refractivity contribution in [3.63, 3.8) is 0 Å². The van der Waals surface area contributed by atoms with Gasteiger partial charge in [-0.15, -0.1) is 0 Å². The lowest BCUT2D eigenvalue weighted by Crippen LogP contribution is -2.31. The highest BCUT2D eigenvalue weighted by Gasteiger charge is 2.25. The van der Waals surface area contributed by atoms with Crippen LogP contribution in [0, 0.1) is 23.7 Å². The van der Waals surface area contributed by atoms with E-state index in [1.165, 1.54) is 12.8 Å². The van der Waals surface area contributed by atoms with Gasteiger partial charge in [0, 0.05) is 12.3 Å². The Labute approximate surface area is 248 Å². The monoisotopic (exact) mass is 576 g/mol. The minimum atomic E-state index is -0.762. The van der Waals surface area contributed by atoms with Gasteiger partial charge in [0.1, 0.15) is 6.10 Å². The van der Waals surface area contributed by atoms with Gasteiger partial charge in [0.2, 0.25) is 0 Å². The Kier molecular flexibility index (Phi) is 18.0. The second-order valence-electron chi connectivity index (χ2n) is 12.1. The summed E-state index contributed by atoms with van der Waals surface area (Å²) >= 11 is 0. The molecule has 5 N–H and O–H groups in total. The average molecular weight is 577 g/mol. The molecule has 7 nitrogen and oxygen atoms in total. The molecule has 1 aliphatic heterocycles. The van der Waals surface area contributed by atoms with Crippen LogP contribution < -0.4 is 0 Å². The molecule has 1 rings (SSSR count). The molecule has 0 radical (unpaired) electrons. The third kappa shape index (κ3) is 16.3. The van der Waals surface area contributed by atoms with Crippen LogP contribution in [0.3, 0.4) is 0 Å². The maximum atomic E-state index is 11.4. The molecular formula is C34H56O7. The van der Waals surface area contributed by atoms with Gasteiger partial charge in [-0.25, -0.2) is 0 Å². The zero-order valence-electron chi connectivity index (χ0n) is 26.0. The van der Waals surface area contributed by atoms with Crippen molar-refractivity contribution in [2.24, 2.45) is 23.7 Å². The number of carbonyl (C=O) groups is 1. The van der Waals surface area contributed by atoms with Gasteiger partial charge < -0.3 is 30.3 Å². The van der Waals surface area contributed by atoms with Crippen molar-refractivity contribution in [3.8, 4) is 0 Å². The second-order valence-corrected chi connectivity index (χ2v) is 12.1. The lowest BCUT2D eigenvalue weighted by Gasteiger charge is -2.23. The molecule has 234 valence electrons. The first-order valence-electron chi connectivity index (χ1n) is 15.3. The summed E-state index contributed by atoms with van der Waals surface area (Å²) in [7, 11) is 0. The van der Waals surface area contributed by atoms with Crippen LogP contribution in [0.4, 0.5) is 0 Å². The highest BCUT2D eigenvalue weighted by atomic mass is 16.5. The molecule has 1 aliphatic rings. The predicted octanol–water partition coefficient (Wildman–Crippen LogP) is 5.18. The summed E-state index contributed by atoms with van der Waals surface area (Å²) in [5, 5.41) is 50.8. The Morgan fingerprint density at radius 1 is 0.976 bits per heavy atom. The maximum Gasteiger partial charge on any atom is 0.309 e. The Morgan fingerprint density at radius 2 is 1.63 bits per heavy atom. The van der Waals surface area contributed by atoms with E-state index in [0.717, 1.165) is 17.6 Å². The van der Waals surface area contributed by atoms with E-state index in [-0.39, 0.29) is 18.9 Å². The number of carbonyl (C=O) groups excluding carboxylic acids is 1. The van der Waals surface area contributed by atoms with Crippen molar-refractivity contribution < 1.29 is 35.1 Å². The number of cyclic esters (lactones) is 1.